The largest absolute Gasteiger partial charge is 0.496 e. The van der Waals surface area contributed by atoms with Crippen molar-refractivity contribution in [1.82, 2.24) is 9.97 Å². The van der Waals surface area contributed by atoms with Crippen LogP contribution in [0, 0.1) is 17.2 Å². The molecule has 0 amide bonds. The second-order valence-electron chi connectivity index (χ2n) is 8.02. The molecule has 0 spiro atoms. The van der Waals surface area contributed by atoms with Crippen LogP contribution in [0.15, 0.2) is 41.2 Å². The van der Waals surface area contributed by atoms with E-state index >= 15 is 0 Å². The molecule has 2 aromatic carbocycles. The molecule has 0 fully saturated rings. The first kappa shape index (κ1) is 19.5. The van der Waals surface area contributed by atoms with E-state index in [0.29, 0.717) is 33.3 Å². The van der Waals surface area contributed by atoms with Crippen molar-refractivity contribution < 1.29 is 4.74 Å². The molecule has 1 unspecified atom stereocenters. The number of benzene rings is 2. The summed E-state index contributed by atoms with van der Waals surface area (Å²) >= 11 is 1.58. The second kappa shape index (κ2) is 7.68. The van der Waals surface area contributed by atoms with Crippen molar-refractivity contribution in [3.63, 3.8) is 0 Å². The minimum Gasteiger partial charge on any atom is -0.496 e. The number of H-pyrrole nitrogens is 1. The molecule has 154 valence electrons. The zero-order chi connectivity index (χ0) is 21.5. The van der Waals surface area contributed by atoms with Gasteiger partial charge in [0, 0.05) is 10.4 Å². The molecular formula is C25H21N3O2S. The number of nitrogens with zero attached hydrogens (tertiary/aromatic N) is 2. The van der Waals surface area contributed by atoms with Crippen LogP contribution in [0.3, 0.4) is 0 Å². The highest BCUT2D eigenvalue weighted by Crippen LogP contribution is 2.36. The number of thiophene rings is 1. The van der Waals surface area contributed by atoms with Crippen LogP contribution in [0.2, 0.25) is 0 Å². The smallest absolute Gasteiger partial charge is 0.260 e. The van der Waals surface area contributed by atoms with Crippen molar-refractivity contribution in [3.05, 3.63) is 68.6 Å². The minimum absolute atomic E-state index is 0.168. The van der Waals surface area contributed by atoms with Gasteiger partial charge >= 0.3 is 0 Å². The Hall–Kier alpha value is -3.43. The van der Waals surface area contributed by atoms with Crippen molar-refractivity contribution in [1.29, 1.82) is 5.26 Å². The Kier molecular flexibility index (Phi) is 4.84. The van der Waals surface area contributed by atoms with Gasteiger partial charge in [0.2, 0.25) is 0 Å². The van der Waals surface area contributed by atoms with Gasteiger partial charge in [-0.25, -0.2) is 4.98 Å². The predicted octanol–water partition coefficient (Wildman–Crippen LogP) is 5.34. The molecule has 6 heteroatoms. The Morgan fingerprint density at radius 1 is 1.32 bits per heavy atom. The lowest BCUT2D eigenvalue weighted by atomic mass is 9.89. The molecule has 2 heterocycles. The molecule has 0 radical (unpaired) electrons. The lowest BCUT2D eigenvalue weighted by molar-refractivity contribution is 0.414. The number of nitriles is 1. The van der Waals surface area contributed by atoms with Gasteiger partial charge in [-0.1, -0.05) is 37.3 Å². The summed E-state index contributed by atoms with van der Waals surface area (Å²) in [4.78, 5) is 22.5. The summed E-state index contributed by atoms with van der Waals surface area (Å²) in [7, 11) is 1.61. The molecule has 31 heavy (non-hydrogen) atoms. The maximum Gasteiger partial charge on any atom is 0.260 e. The van der Waals surface area contributed by atoms with Gasteiger partial charge in [-0.3, -0.25) is 4.79 Å². The molecular weight excluding hydrogens is 406 g/mol. The van der Waals surface area contributed by atoms with Crippen LogP contribution >= 0.6 is 11.3 Å². The van der Waals surface area contributed by atoms with Gasteiger partial charge in [0.25, 0.3) is 5.56 Å². The summed E-state index contributed by atoms with van der Waals surface area (Å²) < 4.78 is 5.55. The number of allylic oxidation sites excluding steroid dienone is 1. The molecule has 1 aliphatic carbocycles. The molecule has 1 atom stereocenters. The second-order valence-corrected chi connectivity index (χ2v) is 9.10. The van der Waals surface area contributed by atoms with Crippen LogP contribution in [0.5, 0.6) is 5.75 Å². The van der Waals surface area contributed by atoms with E-state index in [-0.39, 0.29) is 5.56 Å². The lowest BCUT2D eigenvalue weighted by Crippen LogP contribution is -2.14. The SMILES string of the molecule is COc1ccc2ccccc2c1C=C(C#N)c1nc2sc3c(c2c(=O)[nH]1)CCC(C)C3. The topological polar surface area (TPSA) is 78.8 Å². The number of fused-ring (bicyclic) bond motifs is 4. The number of methoxy groups -OCH3 is 1. The van der Waals surface area contributed by atoms with Crippen LogP contribution in [0.1, 0.15) is 35.2 Å². The van der Waals surface area contributed by atoms with E-state index in [0.717, 1.165) is 41.2 Å². The minimum atomic E-state index is -0.168. The molecule has 0 aliphatic heterocycles. The monoisotopic (exact) mass is 427 g/mol. The summed E-state index contributed by atoms with van der Waals surface area (Å²) in [6, 6.07) is 14.0. The van der Waals surface area contributed by atoms with Gasteiger partial charge in [0.1, 0.15) is 16.6 Å². The van der Waals surface area contributed by atoms with E-state index < -0.39 is 0 Å². The zero-order valence-electron chi connectivity index (χ0n) is 17.4. The normalized spacial score (nSPS) is 16.3. The van der Waals surface area contributed by atoms with Crippen LogP contribution in [0.4, 0.5) is 0 Å². The highest BCUT2D eigenvalue weighted by Gasteiger charge is 2.23. The predicted molar refractivity (Wildman–Crippen MR) is 125 cm³/mol. The summed E-state index contributed by atoms with van der Waals surface area (Å²) in [6.45, 7) is 2.24. The van der Waals surface area contributed by atoms with Crippen LogP contribution in [0.25, 0.3) is 32.6 Å². The third-order valence-corrected chi connectivity index (χ3v) is 7.13. The Labute approximate surface area is 183 Å². The van der Waals surface area contributed by atoms with Crippen molar-refractivity contribution in [3.8, 4) is 11.8 Å². The highest BCUT2D eigenvalue weighted by atomic mass is 32.1. The molecule has 5 rings (SSSR count). The van der Waals surface area contributed by atoms with E-state index in [1.54, 1.807) is 24.5 Å². The third kappa shape index (κ3) is 3.31. The average Bonchev–Trinajstić information content (AvgIpc) is 3.15. The number of rotatable bonds is 3. The fourth-order valence-corrected chi connectivity index (χ4v) is 5.76. The first-order valence-electron chi connectivity index (χ1n) is 10.3. The molecule has 0 bridgehead atoms. The van der Waals surface area contributed by atoms with Gasteiger partial charge in [0.05, 0.1) is 18.1 Å². The number of hydrogen-bond acceptors (Lipinski definition) is 5. The van der Waals surface area contributed by atoms with Gasteiger partial charge in [0.15, 0.2) is 5.82 Å². The molecule has 1 aliphatic rings. The lowest BCUT2D eigenvalue weighted by Gasteiger charge is -2.17. The van der Waals surface area contributed by atoms with Crippen molar-refractivity contribution in [2.75, 3.05) is 7.11 Å². The van der Waals surface area contributed by atoms with Crippen molar-refractivity contribution >= 4 is 44.0 Å². The van der Waals surface area contributed by atoms with E-state index in [9.17, 15) is 10.1 Å². The first-order chi connectivity index (χ1) is 15.1. The maximum absolute atomic E-state index is 13.0. The van der Waals surface area contributed by atoms with Crippen molar-refractivity contribution in [2.24, 2.45) is 5.92 Å². The van der Waals surface area contributed by atoms with Crippen molar-refractivity contribution in [2.45, 2.75) is 26.2 Å². The summed E-state index contributed by atoms with van der Waals surface area (Å²) in [5.41, 5.74) is 2.06. The van der Waals surface area contributed by atoms with E-state index in [2.05, 4.69) is 18.0 Å². The van der Waals surface area contributed by atoms with E-state index in [1.165, 1.54) is 4.88 Å². The molecule has 5 nitrogen and oxygen atoms in total. The standard InChI is InChI=1S/C25H21N3O2S/c1-14-7-9-18-21(11-14)31-25-22(18)24(29)27-23(28-25)16(13-26)12-19-17-6-4-3-5-15(17)8-10-20(19)30-2/h3-6,8,10,12,14H,7,9,11H2,1-2H3,(H,27,28,29). The molecule has 0 saturated carbocycles. The Morgan fingerprint density at radius 3 is 2.97 bits per heavy atom. The van der Waals surface area contributed by atoms with Crippen LogP contribution < -0.4 is 10.3 Å². The maximum atomic E-state index is 13.0. The van der Waals surface area contributed by atoms with E-state index in [4.69, 9.17) is 9.72 Å². The van der Waals surface area contributed by atoms with Gasteiger partial charge < -0.3 is 9.72 Å². The summed E-state index contributed by atoms with van der Waals surface area (Å²) in [5.74, 6) is 1.57. The Morgan fingerprint density at radius 2 is 2.16 bits per heavy atom. The van der Waals surface area contributed by atoms with Gasteiger partial charge in [-0.15, -0.1) is 11.3 Å². The number of nitrogens with one attached hydrogen (secondary N) is 1. The Bertz CT molecular complexity index is 1460. The molecule has 1 N–H and O–H groups in total. The number of aromatic amines is 1. The van der Waals surface area contributed by atoms with E-state index in [1.807, 2.05) is 36.4 Å². The van der Waals surface area contributed by atoms with Crippen LogP contribution in [-0.2, 0) is 12.8 Å². The summed E-state index contributed by atoms with van der Waals surface area (Å²) in [6.07, 6.45) is 4.74. The third-order valence-electron chi connectivity index (χ3n) is 5.98. The average molecular weight is 428 g/mol. The zero-order valence-corrected chi connectivity index (χ0v) is 18.2. The molecule has 4 aromatic rings. The fraction of sp³-hybridized carbons (Fsp3) is 0.240. The quantitative estimate of drug-likeness (QED) is 0.448. The fourth-order valence-electron chi connectivity index (χ4n) is 4.38. The van der Waals surface area contributed by atoms with Gasteiger partial charge in [-0.05, 0) is 53.7 Å². The first-order valence-corrected chi connectivity index (χ1v) is 11.1. The number of aryl methyl sites for hydroxylation is 1. The van der Waals surface area contributed by atoms with Gasteiger partial charge in [-0.2, -0.15) is 5.26 Å². The highest BCUT2D eigenvalue weighted by molar-refractivity contribution is 7.18. The number of hydrogen-bond donors (Lipinski definition) is 1. The number of aromatic nitrogens is 2. The number of ether oxygens (including phenoxy) is 1. The molecule has 2 aromatic heterocycles. The molecule has 0 saturated heterocycles. The Balaban J connectivity index is 1.70. The summed E-state index contributed by atoms with van der Waals surface area (Å²) in [5, 5.41) is 12.6. The van der Waals surface area contributed by atoms with Crippen LogP contribution in [-0.4, -0.2) is 17.1 Å².